The van der Waals surface area contributed by atoms with Gasteiger partial charge in [-0.15, -0.1) is 0 Å². The Bertz CT molecular complexity index is 875. The average molecular weight is 496 g/mol. The summed E-state index contributed by atoms with van der Waals surface area (Å²) in [6, 6.07) is 13.2. The minimum absolute atomic E-state index is 0.0492. The molecular formula is C19H16Br2N2O2S. The number of carbonyl (C=O) groups excluding carboxylic acids is 1. The fourth-order valence-corrected chi connectivity index (χ4v) is 4.69. The minimum Gasteiger partial charge on any atom is -0.506 e. The van der Waals surface area contributed by atoms with Crippen molar-refractivity contribution in [3.63, 3.8) is 0 Å². The lowest BCUT2D eigenvalue weighted by Crippen LogP contribution is -2.29. The van der Waals surface area contributed by atoms with Gasteiger partial charge >= 0.3 is 0 Å². The molecule has 0 aromatic heterocycles. The molecule has 4 nitrogen and oxygen atoms in total. The van der Waals surface area contributed by atoms with Gasteiger partial charge in [0.15, 0.2) is 5.17 Å². The van der Waals surface area contributed by atoms with E-state index in [2.05, 4.69) is 36.9 Å². The quantitative estimate of drug-likeness (QED) is 0.534. The molecular weight excluding hydrogens is 480 g/mol. The van der Waals surface area contributed by atoms with Gasteiger partial charge in [-0.05, 0) is 85.9 Å². The van der Waals surface area contributed by atoms with E-state index in [9.17, 15) is 9.90 Å². The van der Waals surface area contributed by atoms with Crippen LogP contribution in [0.1, 0.15) is 18.9 Å². The van der Waals surface area contributed by atoms with Crippen molar-refractivity contribution >= 4 is 66.5 Å². The van der Waals surface area contributed by atoms with E-state index < -0.39 is 0 Å². The van der Waals surface area contributed by atoms with Crippen molar-refractivity contribution in [2.24, 2.45) is 4.99 Å². The summed E-state index contributed by atoms with van der Waals surface area (Å²) in [5.74, 6) is 0.0864. The van der Waals surface area contributed by atoms with Gasteiger partial charge in [0.1, 0.15) is 5.75 Å². The first-order valence-electron chi connectivity index (χ1n) is 8.02. The van der Waals surface area contributed by atoms with Crippen LogP contribution in [-0.4, -0.2) is 27.6 Å². The molecule has 0 unspecified atom stereocenters. The Morgan fingerprint density at radius 3 is 2.46 bits per heavy atom. The first kappa shape index (κ1) is 19.2. The molecule has 7 heteroatoms. The molecule has 1 saturated heterocycles. The Kier molecular flexibility index (Phi) is 6.21. The highest BCUT2D eigenvalue weighted by molar-refractivity contribution is 9.11. The third kappa shape index (κ3) is 4.22. The van der Waals surface area contributed by atoms with Crippen LogP contribution in [0, 0.1) is 0 Å². The maximum atomic E-state index is 12.8. The summed E-state index contributed by atoms with van der Waals surface area (Å²) in [5, 5.41) is 10.5. The number of nitrogens with zero attached hydrogens (tertiary/aromatic N) is 2. The number of phenolic OH excluding ortho intramolecular Hbond substituents is 1. The Labute approximate surface area is 173 Å². The molecule has 3 rings (SSSR count). The van der Waals surface area contributed by atoms with Gasteiger partial charge in [-0.1, -0.05) is 25.1 Å². The molecule has 134 valence electrons. The Balaban J connectivity index is 1.97. The van der Waals surface area contributed by atoms with Gasteiger partial charge in [0.05, 0.1) is 19.5 Å². The number of aliphatic imine (C=N–C) groups is 1. The van der Waals surface area contributed by atoms with E-state index in [4.69, 9.17) is 0 Å². The number of benzene rings is 2. The molecule has 2 aromatic carbocycles. The fraction of sp³-hybridized carbons (Fsp3) is 0.158. The van der Waals surface area contributed by atoms with Crippen LogP contribution in [0.5, 0.6) is 5.75 Å². The van der Waals surface area contributed by atoms with Gasteiger partial charge in [0.25, 0.3) is 5.91 Å². The molecule has 0 bridgehead atoms. The van der Waals surface area contributed by atoms with Gasteiger partial charge in [-0.2, -0.15) is 0 Å². The van der Waals surface area contributed by atoms with Crippen LogP contribution in [0.3, 0.4) is 0 Å². The van der Waals surface area contributed by atoms with Crippen molar-refractivity contribution in [1.82, 2.24) is 4.90 Å². The van der Waals surface area contributed by atoms with Crippen LogP contribution >= 0.6 is 43.6 Å². The predicted octanol–water partition coefficient (Wildman–Crippen LogP) is 5.93. The maximum Gasteiger partial charge on any atom is 0.266 e. The third-order valence-corrected chi connectivity index (χ3v) is 5.87. The van der Waals surface area contributed by atoms with E-state index in [0.29, 0.717) is 25.6 Å². The van der Waals surface area contributed by atoms with Crippen molar-refractivity contribution in [1.29, 1.82) is 0 Å². The minimum atomic E-state index is -0.0492. The zero-order valence-electron chi connectivity index (χ0n) is 13.9. The average Bonchev–Trinajstić information content (AvgIpc) is 2.90. The molecule has 1 fully saturated rings. The number of phenols is 1. The molecule has 0 atom stereocenters. The van der Waals surface area contributed by atoms with Crippen molar-refractivity contribution in [2.45, 2.75) is 13.3 Å². The van der Waals surface area contributed by atoms with Crippen molar-refractivity contribution in [2.75, 3.05) is 6.54 Å². The van der Waals surface area contributed by atoms with Crippen LogP contribution in [0.25, 0.3) is 6.08 Å². The lowest BCUT2D eigenvalue weighted by Gasteiger charge is -2.13. The summed E-state index contributed by atoms with van der Waals surface area (Å²) in [6.45, 7) is 2.66. The van der Waals surface area contributed by atoms with E-state index >= 15 is 0 Å². The summed E-state index contributed by atoms with van der Waals surface area (Å²) in [6.07, 6.45) is 2.67. The zero-order valence-corrected chi connectivity index (χ0v) is 17.9. The zero-order chi connectivity index (χ0) is 18.7. The molecule has 1 aliphatic rings. The van der Waals surface area contributed by atoms with Gasteiger partial charge in [-0.25, -0.2) is 4.99 Å². The number of halogens is 2. The molecule has 0 aliphatic carbocycles. The van der Waals surface area contributed by atoms with E-state index in [1.807, 2.05) is 43.3 Å². The van der Waals surface area contributed by atoms with Gasteiger partial charge in [0, 0.05) is 6.54 Å². The highest BCUT2D eigenvalue weighted by Gasteiger charge is 2.32. The molecule has 1 heterocycles. The highest BCUT2D eigenvalue weighted by Crippen LogP contribution is 2.37. The number of aromatic hydroxyl groups is 1. The summed E-state index contributed by atoms with van der Waals surface area (Å²) in [7, 11) is 0. The standard InChI is InChI=1S/C19H16Br2N2O2S/c1-2-8-23-18(25)16(11-12-9-14(20)17(24)15(21)10-12)26-19(23)22-13-6-4-3-5-7-13/h3-7,9-11,24H,2,8H2,1H3/b16-11+,22-19?. The van der Waals surface area contributed by atoms with E-state index in [1.54, 1.807) is 17.0 Å². The van der Waals surface area contributed by atoms with Crippen molar-refractivity contribution in [3.8, 4) is 5.75 Å². The second kappa shape index (κ2) is 8.41. The van der Waals surface area contributed by atoms with Crippen molar-refractivity contribution < 1.29 is 9.90 Å². The first-order valence-corrected chi connectivity index (χ1v) is 10.4. The molecule has 1 amide bonds. The second-order valence-electron chi connectivity index (χ2n) is 5.63. The Hall–Kier alpha value is -1.57. The molecule has 0 saturated carbocycles. The molecule has 1 N–H and O–H groups in total. The predicted molar refractivity (Wildman–Crippen MR) is 115 cm³/mol. The summed E-state index contributed by atoms with van der Waals surface area (Å²) < 4.78 is 1.13. The Morgan fingerprint density at radius 1 is 1.19 bits per heavy atom. The SMILES string of the molecule is CCCN1C(=O)/C(=C\c2cc(Br)c(O)c(Br)c2)SC1=Nc1ccccc1. The largest absolute Gasteiger partial charge is 0.506 e. The summed E-state index contributed by atoms with van der Waals surface area (Å²) in [5.41, 5.74) is 1.63. The number of hydrogen-bond donors (Lipinski definition) is 1. The van der Waals surface area contributed by atoms with Gasteiger partial charge in [-0.3, -0.25) is 9.69 Å². The van der Waals surface area contributed by atoms with Crippen molar-refractivity contribution in [3.05, 3.63) is 61.9 Å². The van der Waals surface area contributed by atoms with E-state index in [-0.39, 0.29) is 11.7 Å². The number of carbonyl (C=O) groups is 1. The monoisotopic (exact) mass is 494 g/mol. The van der Waals surface area contributed by atoms with Crippen LogP contribution in [0.4, 0.5) is 5.69 Å². The number of thioether (sulfide) groups is 1. The fourth-order valence-electron chi connectivity index (χ4n) is 2.44. The number of rotatable bonds is 4. The second-order valence-corrected chi connectivity index (χ2v) is 8.35. The van der Waals surface area contributed by atoms with Crippen LogP contribution in [0.2, 0.25) is 0 Å². The van der Waals surface area contributed by atoms with Crippen LogP contribution in [0.15, 0.2) is 61.3 Å². The number of amidine groups is 1. The summed E-state index contributed by atoms with van der Waals surface area (Å²) in [4.78, 5) is 19.8. The van der Waals surface area contributed by atoms with Crippen LogP contribution < -0.4 is 0 Å². The van der Waals surface area contributed by atoms with E-state index in [0.717, 1.165) is 17.7 Å². The molecule has 1 aliphatic heterocycles. The maximum absolute atomic E-state index is 12.8. The molecule has 0 radical (unpaired) electrons. The smallest absolute Gasteiger partial charge is 0.266 e. The molecule has 2 aromatic rings. The molecule has 26 heavy (non-hydrogen) atoms. The van der Waals surface area contributed by atoms with Gasteiger partial charge < -0.3 is 5.11 Å². The number of hydrogen-bond acceptors (Lipinski definition) is 4. The highest BCUT2D eigenvalue weighted by atomic mass is 79.9. The van der Waals surface area contributed by atoms with Crippen LogP contribution in [-0.2, 0) is 4.79 Å². The lowest BCUT2D eigenvalue weighted by molar-refractivity contribution is -0.122. The third-order valence-electron chi connectivity index (χ3n) is 3.65. The topological polar surface area (TPSA) is 52.9 Å². The Morgan fingerprint density at radius 2 is 1.85 bits per heavy atom. The molecule has 0 spiro atoms. The normalized spacial score (nSPS) is 17.5. The summed E-state index contributed by atoms with van der Waals surface area (Å²) >= 11 is 8.00. The number of para-hydroxylation sites is 1. The number of amides is 1. The van der Waals surface area contributed by atoms with Gasteiger partial charge in [0.2, 0.25) is 0 Å². The van der Waals surface area contributed by atoms with E-state index in [1.165, 1.54) is 11.8 Å². The first-order chi connectivity index (χ1) is 12.5. The lowest BCUT2D eigenvalue weighted by atomic mass is 10.2.